The summed E-state index contributed by atoms with van der Waals surface area (Å²) in [7, 11) is 0. The second-order valence-electron chi connectivity index (χ2n) is 5.34. The molecule has 0 spiro atoms. The van der Waals surface area contributed by atoms with Gasteiger partial charge in [-0.2, -0.15) is 0 Å². The van der Waals surface area contributed by atoms with Crippen molar-refractivity contribution in [2.24, 2.45) is 11.8 Å². The van der Waals surface area contributed by atoms with Crippen molar-refractivity contribution in [2.75, 3.05) is 13.2 Å². The fourth-order valence-electron chi connectivity index (χ4n) is 2.39. The molecule has 1 fully saturated rings. The van der Waals surface area contributed by atoms with Crippen LogP contribution in [0, 0.1) is 11.8 Å². The molecule has 0 saturated heterocycles. The quantitative estimate of drug-likeness (QED) is 0.602. The summed E-state index contributed by atoms with van der Waals surface area (Å²) in [5.41, 5.74) is 0. The van der Waals surface area contributed by atoms with Crippen molar-refractivity contribution in [2.45, 2.75) is 32.6 Å². The minimum Gasteiger partial charge on any atom is -0.502 e. The van der Waals surface area contributed by atoms with Gasteiger partial charge in [0.25, 0.3) is 0 Å². The zero-order valence-electron chi connectivity index (χ0n) is 12.9. The summed E-state index contributed by atoms with van der Waals surface area (Å²) in [5.74, 6) is 1.03. The molecule has 1 aromatic rings. The number of rotatable bonds is 5. The molecule has 0 radical (unpaired) electrons. The topological polar surface area (TPSA) is 35.5 Å². The molecule has 0 aromatic heterocycles. The van der Waals surface area contributed by atoms with Crippen molar-refractivity contribution in [1.29, 1.82) is 0 Å². The molecule has 0 amide bonds. The fraction of sp³-hybridized carbons (Fsp3) is 0.500. The fourth-order valence-corrected chi connectivity index (χ4v) is 2.39. The van der Waals surface area contributed by atoms with Gasteiger partial charge in [-0.3, -0.25) is 4.79 Å². The molecule has 0 bridgehead atoms. The van der Waals surface area contributed by atoms with E-state index in [0.29, 0.717) is 18.4 Å². The first kappa shape index (κ1) is 17.3. The van der Waals surface area contributed by atoms with Gasteiger partial charge in [-0.1, -0.05) is 43.0 Å². The van der Waals surface area contributed by atoms with E-state index in [4.69, 9.17) is 9.47 Å². The van der Waals surface area contributed by atoms with E-state index in [1.165, 1.54) is 26.0 Å². The molecule has 3 heteroatoms. The maximum atomic E-state index is 10.6. The zero-order valence-corrected chi connectivity index (χ0v) is 12.9. The second-order valence-corrected chi connectivity index (χ2v) is 5.34. The van der Waals surface area contributed by atoms with Gasteiger partial charge in [0.1, 0.15) is 0 Å². The monoisotopic (exact) mass is 290 g/mol. The number of hydrogen-bond donors (Lipinski definition) is 0. The Bertz CT molecular complexity index is 354. The van der Waals surface area contributed by atoms with Gasteiger partial charge in [0.05, 0.1) is 19.5 Å². The summed E-state index contributed by atoms with van der Waals surface area (Å²) in [6.45, 7) is 6.36. The van der Waals surface area contributed by atoms with E-state index in [1.54, 1.807) is 0 Å². The van der Waals surface area contributed by atoms with Gasteiger partial charge in [0.2, 0.25) is 0 Å². The molecular weight excluding hydrogens is 264 g/mol. The van der Waals surface area contributed by atoms with E-state index in [9.17, 15) is 4.79 Å². The highest BCUT2D eigenvalue weighted by Crippen LogP contribution is 2.29. The summed E-state index contributed by atoms with van der Waals surface area (Å²) < 4.78 is 10.2. The van der Waals surface area contributed by atoms with Gasteiger partial charge in [0.15, 0.2) is 0 Å². The molecular formula is C18H26O3. The third-order valence-corrected chi connectivity index (χ3v) is 3.61. The Labute approximate surface area is 128 Å². The molecule has 3 nitrogen and oxygen atoms in total. The highest BCUT2D eigenvalue weighted by Gasteiger charge is 2.21. The molecule has 1 aliphatic carbocycles. The summed E-state index contributed by atoms with van der Waals surface area (Å²) in [4.78, 5) is 10.6. The lowest BCUT2D eigenvalue weighted by atomic mass is 9.83. The lowest BCUT2D eigenvalue weighted by Gasteiger charge is -2.27. The maximum Gasteiger partial charge on any atom is 0.302 e. The van der Waals surface area contributed by atoms with E-state index in [1.807, 2.05) is 36.4 Å². The minimum atomic E-state index is -0.174. The summed E-state index contributed by atoms with van der Waals surface area (Å²) in [5, 5.41) is 0. The number of benzene rings is 1. The van der Waals surface area contributed by atoms with Crippen LogP contribution in [0.3, 0.4) is 0 Å². The number of ether oxygens (including phenoxy) is 2. The molecule has 0 unspecified atom stereocenters. The van der Waals surface area contributed by atoms with E-state index in [-0.39, 0.29) is 5.97 Å². The summed E-state index contributed by atoms with van der Waals surface area (Å²) >= 11 is 0. The molecule has 21 heavy (non-hydrogen) atoms. The van der Waals surface area contributed by atoms with Crippen LogP contribution in [-0.4, -0.2) is 19.2 Å². The SMILES string of the molecule is C=COCC1CCC(COC(C)=O)CC1.c1ccccc1. The molecule has 1 aliphatic rings. The Morgan fingerprint density at radius 1 is 1.00 bits per heavy atom. The van der Waals surface area contributed by atoms with Crippen molar-refractivity contribution in [3.63, 3.8) is 0 Å². The van der Waals surface area contributed by atoms with E-state index >= 15 is 0 Å². The van der Waals surface area contributed by atoms with Crippen LogP contribution in [0.25, 0.3) is 0 Å². The van der Waals surface area contributed by atoms with Crippen molar-refractivity contribution in [3.05, 3.63) is 49.2 Å². The van der Waals surface area contributed by atoms with Crippen LogP contribution in [0.1, 0.15) is 32.6 Å². The largest absolute Gasteiger partial charge is 0.502 e. The summed E-state index contributed by atoms with van der Waals surface area (Å²) in [6.07, 6.45) is 6.11. The number of carbonyl (C=O) groups is 1. The third-order valence-electron chi connectivity index (χ3n) is 3.61. The van der Waals surface area contributed by atoms with Gasteiger partial charge in [-0.15, -0.1) is 0 Å². The molecule has 1 aromatic carbocycles. The van der Waals surface area contributed by atoms with Gasteiger partial charge < -0.3 is 9.47 Å². The van der Waals surface area contributed by atoms with Gasteiger partial charge in [-0.25, -0.2) is 0 Å². The Hall–Kier alpha value is -1.77. The van der Waals surface area contributed by atoms with Crippen LogP contribution in [0.15, 0.2) is 49.2 Å². The summed E-state index contributed by atoms with van der Waals surface area (Å²) in [6, 6.07) is 12.0. The molecule has 0 N–H and O–H groups in total. The highest BCUT2D eigenvalue weighted by molar-refractivity contribution is 5.65. The third kappa shape index (κ3) is 8.90. The van der Waals surface area contributed by atoms with Crippen molar-refractivity contribution in [1.82, 2.24) is 0 Å². The molecule has 2 rings (SSSR count). The Morgan fingerprint density at radius 2 is 1.43 bits per heavy atom. The Morgan fingerprint density at radius 3 is 1.81 bits per heavy atom. The van der Waals surface area contributed by atoms with Crippen molar-refractivity contribution >= 4 is 5.97 Å². The first-order chi connectivity index (χ1) is 10.2. The van der Waals surface area contributed by atoms with Crippen LogP contribution in [0.5, 0.6) is 0 Å². The van der Waals surface area contributed by atoms with Crippen molar-refractivity contribution in [3.8, 4) is 0 Å². The predicted molar refractivity (Wildman–Crippen MR) is 84.7 cm³/mol. The first-order valence-corrected chi connectivity index (χ1v) is 7.58. The van der Waals surface area contributed by atoms with Gasteiger partial charge in [0, 0.05) is 6.92 Å². The zero-order chi connectivity index (χ0) is 15.3. The second kappa shape index (κ2) is 11.0. The van der Waals surface area contributed by atoms with Crippen molar-refractivity contribution < 1.29 is 14.3 Å². The predicted octanol–water partition coefficient (Wildman–Crippen LogP) is 4.20. The van der Waals surface area contributed by atoms with Crippen LogP contribution < -0.4 is 0 Å². The highest BCUT2D eigenvalue weighted by atomic mass is 16.5. The lowest BCUT2D eigenvalue weighted by Crippen LogP contribution is -2.21. The van der Waals surface area contributed by atoms with Gasteiger partial charge in [-0.05, 0) is 37.5 Å². The molecule has 116 valence electrons. The normalized spacial score (nSPS) is 20.6. The van der Waals surface area contributed by atoms with Crippen LogP contribution in [-0.2, 0) is 14.3 Å². The molecule has 0 atom stereocenters. The average Bonchev–Trinajstić information content (AvgIpc) is 2.54. The molecule has 0 heterocycles. The smallest absolute Gasteiger partial charge is 0.302 e. The maximum absolute atomic E-state index is 10.6. The van der Waals surface area contributed by atoms with E-state index in [2.05, 4.69) is 6.58 Å². The minimum absolute atomic E-state index is 0.174. The number of carbonyl (C=O) groups excluding carboxylic acids is 1. The first-order valence-electron chi connectivity index (χ1n) is 7.58. The van der Waals surface area contributed by atoms with Crippen LogP contribution in [0.2, 0.25) is 0 Å². The van der Waals surface area contributed by atoms with Crippen LogP contribution in [0.4, 0.5) is 0 Å². The standard InChI is InChI=1S/C12H20O3.C6H6/c1-3-14-8-11-4-6-12(7-5-11)9-15-10(2)13;1-2-4-6-5-3-1/h3,11-12H,1,4-9H2,2H3;1-6H. The number of hydrogen-bond acceptors (Lipinski definition) is 3. The Balaban J connectivity index is 0.000000304. The van der Waals surface area contributed by atoms with Gasteiger partial charge >= 0.3 is 5.97 Å². The van der Waals surface area contributed by atoms with Crippen LogP contribution >= 0.6 is 0 Å². The Kier molecular flexibility index (Phi) is 9.01. The lowest BCUT2D eigenvalue weighted by molar-refractivity contribution is -0.142. The van der Waals surface area contributed by atoms with E-state index in [0.717, 1.165) is 19.4 Å². The molecule has 1 saturated carbocycles. The average molecular weight is 290 g/mol. The molecule has 0 aliphatic heterocycles. The van der Waals surface area contributed by atoms with E-state index < -0.39 is 0 Å². The number of esters is 1.